The fourth-order valence-corrected chi connectivity index (χ4v) is 3.45. The molecule has 8 heteroatoms. The Morgan fingerprint density at radius 3 is 2.89 bits per heavy atom. The minimum atomic E-state index is -0.285. The highest BCUT2D eigenvalue weighted by Gasteiger charge is 2.30. The molecular weight excluding hydrogens is 360 g/mol. The molecule has 2 heterocycles. The van der Waals surface area contributed by atoms with Gasteiger partial charge in [0.15, 0.2) is 0 Å². The van der Waals surface area contributed by atoms with Crippen LogP contribution in [-0.4, -0.2) is 42.4 Å². The number of carbonyl (C=O) groups is 2. The van der Waals surface area contributed by atoms with E-state index >= 15 is 0 Å². The number of fused-ring (bicyclic) bond motifs is 1. The number of anilines is 2. The summed E-state index contributed by atoms with van der Waals surface area (Å²) < 4.78 is 12.1. The quantitative estimate of drug-likeness (QED) is 0.715. The summed E-state index contributed by atoms with van der Waals surface area (Å²) in [6.07, 6.45) is 4.01. The van der Waals surface area contributed by atoms with Gasteiger partial charge in [0.25, 0.3) is 0 Å². The number of hydrogen-bond donors (Lipinski definition) is 2. The van der Waals surface area contributed by atoms with Crippen LogP contribution in [0.2, 0.25) is 0 Å². The summed E-state index contributed by atoms with van der Waals surface area (Å²) in [6.45, 7) is 6.19. The number of aryl methyl sites for hydroxylation is 1. The maximum atomic E-state index is 12.3. The third-order valence-electron chi connectivity index (χ3n) is 4.64. The number of nitrogens with zero attached hydrogens (tertiary/aromatic N) is 2. The van der Waals surface area contributed by atoms with Gasteiger partial charge in [0.1, 0.15) is 12.4 Å². The summed E-state index contributed by atoms with van der Waals surface area (Å²) in [7, 11) is 2.97. The Bertz CT molecular complexity index is 919. The van der Waals surface area contributed by atoms with E-state index in [1.807, 2.05) is 19.2 Å². The average molecular weight is 384 g/mol. The molecule has 8 nitrogen and oxygen atoms in total. The van der Waals surface area contributed by atoms with E-state index < -0.39 is 0 Å². The number of carbonyl (C=O) groups excluding carboxylic acids is 2. The van der Waals surface area contributed by atoms with E-state index in [1.165, 1.54) is 14.2 Å². The van der Waals surface area contributed by atoms with Crippen molar-refractivity contribution in [1.29, 1.82) is 0 Å². The summed E-state index contributed by atoms with van der Waals surface area (Å²) >= 11 is 0. The number of nitrogens with one attached hydrogen (secondary N) is 2. The van der Waals surface area contributed by atoms with Gasteiger partial charge < -0.3 is 20.1 Å². The lowest BCUT2D eigenvalue weighted by Gasteiger charge is -2.27. The molecule has 1 atom stereocenters. The van der Waals surface area contributed by atoms with E-state index in [4.69, 9.17) is 9.47 Å². The first-order valence-corrected chi connectivity index (χ1v) is 8.92. The largest absolute Gasteiger partial charge is 0.494 e. The van der Waals surface area contributed by atoms with Gasteiger partial charge in [-0.2, -0.15) is 5.10 Å². The minimum absolute atomic E-state index is 0.0617. The van der Waals surface area contributed by atoms with Crippen LogP contribution in [0, 0.1) is 6.92 Å². The van der Waals surface area contributed by atoms with Gasteiger partial charge in [-0.25, -0.2) is 0 Å². The Hall–Kier alpha value is -3.13. The molecule has 1 aliphatic rings. The summed E-state index contributed by atoms with van der Waals surface area (Å²) in [5.41, 5.74) is 3.92. The van der Waals surface area contributed by atoms with Crippen molar-refractivity contribution < 1.29 is 19.1 Å². The second-order valence-electron chi connectivity index (χ2n) is 6.61. The monoisotopic (exact) mass is 384 g/mol. The molecule has 0 saturated heterocycles. The predicted molar refractivity (Wildman–Crippen MR) is 106 cm³/mol. The molecule has 0 radical (unpaired) electrons. The van der Waals surface area contributed by atoms with Gasteiger partial charge in [0.2, 0.25) is 11.8 Å². The zero-order valence-corrected chi connectivity index (χ0v) is 16.2. The van der Waals surface area contributed by atoms with Crippen LogP contribution in [0.1, 0.15) is 29.2 Å². The normalized spacial score (nSPS) is 15.5. The molecule has 0 saturated carbocycles. The lowest BCUT2D eigenvalue weighted by molar-refractivity contribution is -0.119. The molecule has 2 aromatic rings. The van der Waals surface area contributed by atoms with Crippen LogP contribution in [0.15, 0.2) is 31.0 Å². The van der Waals surface area contributed by atoms with Gasteiger partial charge in [0.05, 0.1) is 25.0 Å². The van der Waals surface area contributed by atoms with E-state index in [1.54, 1.807) is 16.8 Å². The van der Waals surface area contributed by atoms with E-state index in [0.29, 0.717) is 30.1 Å². The first kappa shape index (κ1) is 19.6. The lowest BCUT2D eigenvalue weighted by Crippen LogP contribution is -2.24. The van der Waals surface area contributed by atoms with Crippen LogP contribution in [0.4, 0.5) is 11.4 Å². The van der Waals surface area contributed by atoms with Gasteiger partial charge in [-0.3, -0.25) is 14.3 Å². The standard InChI is InChI=1S/C20H24N4O4/c1-5-6-24-10-15(12(2)23-24)13-8-19(25)21-16-9-18(28-4)17(7-14(13)16)22-20(26)11-27-3/h5,7,9-10,13H,1,6,8,11H2,2-4H3,(H,21,25)(H,22,26). The highest BCUT2D eigenvalue weighted by atomic mass is 16.5. The summed E-state index contributed by atoms with van der Waals surface area (Å²) in [5.74, 6) is -0.0757. The summed E-state index contributed by atoms with van der Waals surface area (Å²) in [5, 5.41) is 10.2. The fourth-order valence-electron chi connectivity index (χ4n) is 3.45. The van der Waals surface area contributed by atoms with Gasteiger partial charge in [-0.05, 0) is 18.6 Å². The van der Waals surface area contributed by atoms with E-state index in [2.05, 4.69) is 22.3 Å². The Kier molecular flexibility index (Phi) is 5.79. The number of allylic oxidation sites excluding steroid dienone is 1. The van der Waals surface area contributed by atoms with Crippen molar-refractivity contribution in [2.45, 2.75) is 25.8 Å². The first-order valence-electron chi connectivity index (χ1n) is 8.92. The molecule has 2 N–H and O–H groups in total. The zero-order chi connectivity index (χ0) is 20.3. The molecule has 28 heavy (non-hydrogen) atoms. The average Bonchev–Trinajstić information content (AvgIpc) is 3.01. The molecule has 0 fully saturated rings. The number of aromatic nitrogens is 2. The molecule has 1 aromatic heterocycles. The second-order valence-corrected chi connectivity index (χ2v) is 6.61. The number of benzene rings is 1. The lowest BCUT2D eigenvalue weighted by atomic mass is 9.84. The van der Waals surface area contributed by atoms with Crippen LogP contribution < -0.4 is 15.4 Å². The maximum absolute atomic E-state index is 12.3. The topological polar surface area (TPSA) is 94.5 Å². The van der Waals surface area contributed by atoms with Crippen molar-refractivity contribution in [3.05, 3.63) is 47.8 Å². The SMILES string of the molecule is C=CCn1cc(C2CC(=O)Nc3cc(OC)c(NC(=O)COC)cc32)c(C)n1. The summed E-state index contributed by atoms with van der Waals surface area (Å²) in [6, 6.07) is 3.57. The van der Waals surface area contributed by atoms with Gasteiger partial charge in [-0.1, -0.05) is 6.08 Å². The van der Waals surface area contributed by atoms with Gasteiger partial charge >= 0.3 is 0 Å². The summed E-state index contributed by atoms with van der Waals surface area (Å²) in [4.78, 5) is 24.3. The number of amides is 2. The highest BCUT2D eigenvalue weighted by molar-refractivity contribution is 5.98. The number of methoxy groups -OCH3 is 2. The van der Waals surface area contributed by atoms with Gasteiger partial charge in [0, 0.05) is 43.0 Å². The molecule has 0 bridgehead atoms. The van der Waals surface area contributed by atoms with Crippen LogP contribution in [0.25, 0.3) is 0 Å². The Balaban J connectivity index is 2.06. The Labute approximate surface area is 163 Å². The van der Waals surface area contributed by atoms with Crippen molar-refractivity contribution in [2.75, 3.05) is 31.5 Å². The number of hydrogen-bond acceptors (Lipinski definition) is 5. The van der Waals surface area contributed by atoms with Crippen LogP contribution >= 0.6 is 0 Å². The molecule has 2 amide bonds. The van der Waals surface area contributed by atoms with E-state index in [9.17, 15) is 9.59 Å². The van der Waals surface area contributed by atoms with Crippen LogP contribution in [0.5, 0.6) is 5.75 Å². The van der Waals surface area contributed by atoms with Crippen LogP contribution in [0.3, 0.4) is 0 Å². The fraction of sp³-hybridized carbons (Fsp3) is 0.350. The molecule has 1 aromatic carbocycles. The molecule has 0 spiro atoms. The third-order valence-corrected chi connectivity index (χ3v) is 4.64. The Morgan fingerprint density at radius 1 is 1.43 bits per heavy atom. The first-order chi connectivity index (χ1) is 13.5. The van der Waals surface area contributed by atoms with E-state index in [0.717, 1.165) is 16.8 Å². The maximum Gasteiger partial charge on any atom is 0.250 e. The predicted octanol–water partition coefficient (Wildman–Crippen LogP) is 2.45. The molecule has 1 unspecified atom stereocenters. The molecule has 3 rings (SSSR count). The van der Waals surface area contributed by atoms with Crippen molar-refractivity contribution in [1.82, 2.24) is 9.78 Å². The van der Waals surface area contributed by atoms with Crippen molar-refractivity contribution in [3.63, 3.8) is 0 Å². The van der Waals surface area contributed by atoms with Crippen LogP contribution in [-0.2, 0) is 20.9 Å². The number of rotatable bonds is 7. The smallest absolute Gasteiger partial charge is 0.250 e. The van der Waals surface area contributed by atoms with Crippen molar-refractivity contribution >= 4 is 23.2 Å². The van der Waals surface area contributed by atoms with Crippen molar-refractivity contribution in [3.8, 4) is 5.75 Å². The Morgan fingerprint density at radius 2 is 2.21 bits per heavy atom. The van der Waals surface area contributed by atoms with Gasteiger partial charge in [-0.15, -0.1) is 6.58 Å². The minimum Gasteiger partial charge on any atom is -0.494 e. The zero-order valence-electron chi connectivity index (χ0n) is 16.2. The molecule has 148 valence electrons. The van der Waals surface area contributed by atoms with Crippen molar-refractivity contribution in [2.24, 2.45) is 0 Å². The molecule has 1 aliphatic heterocycles. The molecule has 0 aliphatic carbocycles. The highest BCUT2D eigenvalue weighted by Crippen LogP contribution is 2.42. The molecular formula is C20H24N4O4. The number of ether oxygens (including phenoxy) is 2. The third kappa shape index (κ3) is 3.91. The van der Waals surface area contributed by atoms with E-state index in [-0.39, 0.29) is 24.3 Å². The second kappa shape index (κ2) is 8.26.